The SMILES string of the molecule is CCNc1ccnc(C(=O)NC2CCC(CC)C2C)c1. The van der Waals surface area contributed by atoms with Crippen LogP contribution in [0.15, 0.2) is 18.3 Å². The highest BCUT2D eigenvalue weighted by Crippen LogP contribution is 2.33. The Hall–Kier alpha value is -1.58. The van der Waals surface area contributed by atoms with E-state index < -0.39 is 0 Å². The van der Waals surface area contributed by atoms with Crippen LogP contribution in [0.1, 0.15) is 50.5 Å². The van der Waals surface area contributed by atoms with Crippen molar-refractivity contribution in [3.05, 3.63) is 24.0 Å². The van der Waals surface area contributed by atoms with Crippen molar-refractivity contribution in [3.63, 3.8) is 0 Å². The summed E-state index contributed by atoms with van der Waals surface area (Å²) in [6.07, 6.45) is 5.17. The smallest absolute Gasteiger partial charge is 0.270 e. The summed E-state index contributed by atoms with van der Waals surface area (Å²) >= 11 is 0. The number of carbonyl (C=O) groups is 1. The number of hydrogen-bond donors (Lipinski definition) is 2. The van der Waals surface area contributed by atoms with E-state index in [4.69, 9.17) is 0 Å². The highest BCUT2D eigenvalue weighted by molar-refractivity contribution is 5.93. The van der Waals surface area contributed by atoms with Crippen LogP contribution in [0, 0.1) is 11.8 Å². The van der Waals surface area contributed by atoms with Crippen LogP contribution in [0.25, 0.3) is 0 Å². The molecule has 4 heteroatoms. The molecule has 1 aromatic heterocycles. The van der Waals surface area contributed by atoms with Gasteiger partial charge in [0.1, 0.15) is 5.69 Å². The molecule has 1 fully saturated rings. The molecule has 110 valence electrons. The molecule has 0 saturated heterocycles. The van der Waals surface area contributed by atoms with Gasteiger partial charge in [0.05, 0.1) is 0 Å². The molecule has 3 atom stereocenters. The Bertz CT molecular complexity index is 461. The lowest BCUT2D eigenvalue weighted by atomic mass is 9.93. The van der Waals surface area contributed by atoms with E-state index in [1.807, 2.05) is 19.1 Å². The summed E-state index contributed by atoms with van der Waals surface area (Å²) in [6.45, 7) is 7.34. The molecule has 1 aliphatic carbocycles. The molecule has 1 aliphatic rings. The average molecular weight is 275 g/mol. The normalized spacial score (nSPS) is 25.4. The van der Waals surface area contributed by atoms with Gasteiger partial charge in [-0.1, -0.05) is 20.3 Å². The highest BCUT2D eigenvalue weighted by Gasteiger charge is 2.32. The molecule has 3 unspecified atom stereocenters. The molecule has 0 spiro atoms. The highest BCUT2D eigenvalue weighted by atomic mass is 16.1. The second-order valence-corrected chi connectivity index (χ2v) is 5.64. The molecule has 1 aromatic rings. The minimum Gasteiger partial charge on any atom is -0.385 e. The molecule has 20 heavy (non-hydrogen) atoms. The first-order valence-corrected chi connectivity index (χ1v) is 7.66. The van der Waals surface area contributed by atoms with Gasteiger partial charge in [-0.25, -0.2) is 0 Å². The molecule has 1 saturated carbocycles. The summed E-state index contributed by atoms with van der Waals surface area (Å²) in [5.74, 6) is 1.24. The number of anilines is 1. The van der Waals surface area contributed by atoms with Crippen molar-refractivity contribution in [3.8, 4) is 0 Å². The van der Waals surface area contributed by atoms with Crippen LogP contribution in [0.4, 0.5) is 5.69 Å². The minimum absolute atomic E-state index is 0.0571. The zero-order valence-corrected chi connectivity index (χ0v) is 12.6. The Kier molecular flexibility index (Phi) is 4.99. The second-order valence-electron chi connectivity index (χ2n) is 5.64. The topological polar surface area (TPSA) is 54.0 Å². The molecule has 1 heterocycles. The Morgan fingerprint density at radius 2 is 2.20 bits per heavy atom. The third kappa shape index (κ3) is 3.30. The van der Waals surface area contributed by atoms with E-state index in [1.54, 1.807) is 6.20 Å². The van der Waals surface area contributed by atoms with E-state index in [0.717, 1.165) is 24.6 Å². The Morgan fingerprint density at radius 3 is 2.85 bits per heavy atom. The zero-order valence-electron chi connectivity index (χ0n) is 12.6. The van der Waals surface area contributed by atoms with Crippen LogP contribution in [0.5, 0.6) is 0 Å². The Balaban J connectivity index is 2.00. The molecule has 4 nitrogen and oxygen atoms in total. The van der Waals surface area contributed by atoms with E-state index in [1.165, 1.54) is 12.8 Å². The maximum atomic E-state index is 12.3. The number of nitrogens with one attached hydrogen (secondary N) is 2. The molecule has 0 aliphatic heterocycles. The van der Waals surface area contributed by atoms with Crippen molar-refractivity contribution in [2.75, 3.05) is 11.9 Å². The molecular weight excluding hydrogens is 250 g/mol. The minimum atomic E-state index is -0.0571. The Morgan fingerprint density at radius 1 is 1.40 bits per heavy atom. The van der Waals surface area contributed by atoms with Crippen LogP contribution in [0.2, 0.25) is 0 Å². The number of carbonyl (C=O) groups excluding carboxylic acids is 1. The summed E-state index contributed by atoms with van der Waals surface area (Å²) in [7, 11) is 0. The van der Waals surface area contributed by atoms with E-state index in [0.29, 0.717) is 11.6 Å². The first kappa shape index (κ1) is 14.8. The van der Waals surface area contributed by atoms with Gasteiger partial charge in [0.15, 0.2) is 0 Å². The number of hydrogen-bond acceptors (Lipinski definition) is 3. The maximum Gasteiger partial charge on any atom is 0.270 e. The van der Waals surface area contributed by atoms with E-state index in [2.05, 4.69) is 29.5 Å². The molecule has 0 radical (unpaired) electrons. The number of pyridine rings is 1. The van der Waals surface area contributed by atoms with Crippen LogP contribution in [-0.2, 0) is 0 Å². The fourth-order valence-electron chi connectivity index (χ4n) is 3.14. The monoisotopic (exact) mass is 275 g/mol. The maximum absolute atomic E-state index is 12.3. The molecule has 2 rings (SSSR count). The van der Waals surface area contributed by atoms with Crippen LogP contribution in [-0.4, -0.2) is 23.5 Å². The van der Waals surface area contributed by atoms with E-state index >= 15 is 0 Å². The average Bonchev–Trinajstić information content (AvgIpc) is 2.80. The molecule has 0 aromatic carbocycles. The number of aromatic nitrogens is 1. The first-order chi connectivity index (χ1) is 9.65. The van der Waals surface area contributed by atoms with E-state index in [9.17, 15) is 4.79 Å². The van der Waals surface area contributed by atoms with Crippen LogP contribution >= 0.6 is 0 Å². The van der Waals surface area contributed by atoms with Gasteiger partial charge in [0.2, 0.25) is 0 Å². The third-order valence-electron chi connectivity index (χ3n) is 4.44. The lowest BCUT2D eigenvalue weighted by Crippen LogP contribution is -2.37. The summed E-state index contributed by atoms with van der Waals surface area (Å²) in [5, 5.41) is 6.35. The predicted octanol–water partition coefficient (Wildman–Crippen LogP) is 3.07. The fraction of sp³-hybridized carbons (Fsp3) is 0.625. The number of amides is 1. The molecule has 1 amide bonds. The van der Waals surface area contributed by atoms with E-state index in [-0.39, 0.29) is 11.9 Å². The Labute approximate surface area is 121 Å². The molecule has 0 bridgehead atoms. The van der Waals surface area contributed by atoms with Crippen molar-refractivity contribution in [1.29, 1.82) is 0 Å². The van der Waals surface area contributed by atoms with Crippen LogP contribution < -0.4 is 10.6 Å². The molecule has 2 N–H and O–H groups in total. The number of rotatable bonds is 5. The fourth-order valence-corrected chi connectivity index (χ4v) is 3.14. The summed E-state index contributed by atoms with van der Waals surface area (Å²) in [4.78, 5) is 16.5. The van der Waals surface area contributed by atoms with Gasteiger partial charge >= 0.3 is 0 Å². The van der Waals surface area contributed by atoms with Crippen molar-refractivity contribution in [2.45, 2.75) is 46.1 Å². The van der Waals surface area contributed by atoms with Crippen molar-refractivity contribution in [2.24, 2.45) is 11.8 Å². The first-order valence-electron chi connectivity index (χ1n) is 7.66. The van der Waals surface area contributed by atoms with Gasteiger partial charge in [-0.05, 0) is 43.7 Å². The summed E-state index contributed by atoms with van der Waals surface area (Å²) in [5.41, 5.74) is 1.44. The number of nitrogens with zero attached hydrogens (tertiary/aromatic N) is 1. The van der Waals surface area contributed by atoms with Gasteiger partial charge in [0, 0.05) is 24.5 Å². The predicted molar refractivity (Wildman–Crippen MR) is 81.8 cm³/mol. The summed E-state index contributed by atoms with van der Waals surface area (Å²) in [6, 6.07) is 3.98. The van der Waals surface area contributed by atoms with Gasteiger partial charge in [-0.15, -0.1) is 0 Å². The lowest BCUT2D eigenvalue weighted by molar-refractivity contribution is 0.0921. The van der Waals surface area contributed by atoms with Gasteiger partial charge < -0.3 is 10.6 Å². The standard InChI is InChI=1S/C16H25N3O/c1-4-12-6-7-14(11(12)3)19-16(20)15-10-13(17-5-2)8-9-18-15/h8-12,14H,4-7H2,1-3H3,(H,17,18)(H,19,20). The lowest BCUT2D eigenvalue weighted by Gasteiger charge is -2.20. The van der Waals surface area contributed by atoms with Gasteiger partial charge in [0.25, 0.3) is 5.91 Å². The van der Waals surface area contributed by atoms with Crippen molar-refractivity contribution in [1.82, 2.24) is 10.3 Å². The zero-order chi connectivity index (χ0) is 14.5. The van der Waals surface area contributed by atoms with Crippen molar-refractivity contribution >= 4 is 11.6 Å². The van der Waals surface area contributed by atoms with Gasteiger partial charge in [-0.2, -0.15) is 0 Å². The second kappa shape index (κ2) is 6.73. The largest absolute Gasteiger partial charge is 0.385 e. The molecular formula is C16H25N3O. The van der Waals surface area contributed by atoms with Gasteiger partial charge in [-0.3, -0.25) is 9.78 Å². The quantitative estimate of drug-likeness (QED) is 0.868. The summed E-state index contributed by atoms with van der Waals surface area (Å²) < 4.78 is 0. The van der Waals surface area contributed by atoms with Crippen molar-refractivity contribution < 1.29 is 4.79 Å². The van der Waals surface area contributed by atoms with Crippen LogP contribution in [0.3, 0.4) is 0 Å². The third-order valence-corrected chi connectivity index (χ3v) is 4.44.